The summed E-state index contributed by atoms with van der Waals surface area (Å²) in [6, 6.07) is 13.0. The van der Waals surface area contributed by atoms with Gasteiger partial charge in [0.15, 0.2) is 11.7 Å². The van der Waals surface area contributed by atoms with Gasteiger partial charge < -0.3 is 19.7 Å². The summed E-state index contributed by atoms with van der Waals surface area (Å²) in [6.07, 6.45) is 0.100. The third-order valence-corrected chi connectivity index (χ3v) is 3.49. The summed E-state index contributed by atoms with van der Waals surface area (Å²) in [4.78, 5) is 15.2. The minimum absolute atomic E-state index is 0.0788. The number of benzene rings is 2. The van der Waals surface area contributed by atoms with Crippen molar-refractivity contribution < 1.29 is 24.5 Å². The second-order valence-corrected chi connectivity index (χ2v) is 5.27. The molecule has 3 aromatic rings. The van der Waals surface area contributed by atoms with Crippen LogP contribution in [0.2, 0.25) is 0 Å². The Morgan fingerprint density at radius 1 is 0.917 bits per heavy atom. The standard InChI is InChI=1S/C18H15NO5/c20-13-5-1-11(2-6-13)17-18(12-3-7-14(21)8-4-12)24-15(19-17)9-10-16(22)23/h1-8,20-21H,9-10H2,(H,22,23). The van der Waals surface area contributed by atoms with Crippen LogP contribution >= 0.6 is 0 Å². The molecule has 0 aliphatic carbocycles. The van der Waals surface area contributed by atoms with Crippen LogP contribution in [0.4, 0.5) is 0 Å². The third kappa shape index (κ3) is 3.38. The predicted octanol–water partition coefficient (Wildman–Crippen LogP) is 3.44. The molecule has 3 rings (SSSR count). The van der Waals surface area contributed by atoms with Crippen LogP contribution in [0.3, 0.4) is 0 Å². The van der Waals surface area contributed by atoms with Gasteiger partial charge in [-0.15, -0.1) is 0 Å². The molecule has 0 amide bonds. The van der Waals surface area contributed by atoms with Crippen molar-refractivity contribution in [3.05, 3.63) is 54.4 Å². The number of phenolic OH excluding ortho intramolecular Hbond substituents is 2. The van der Waals surface area contributed by atoms with Crippen LogP contribution in [-0.2, 0) is 11.2 Å². The quantitative estimate of drug-likeness (QED) is 0.664. The summed E-state index contributed by atoms with van der Waals surface area (Å²) in [7, 11) is 0. The lowest BCUT2D eigenvalue weighted by Crippen LogP contribution is -1.97. The van der Waals surface area contributed by atoms with E-state index in [-0.39, 0.29) is 24.3 Å². The van der Waals surface area contributed by atoms with E-state index in [0.29, 0.717) is 22.9 Å². The zero-order valence-corrected chi connectivity index (χ0v) is 12.6. The maximum Gasteiger partial charge on any atom is 0.303 e. The van der Waals surface area contributed by atoms with Gasteiger partial charge in [0.2, 0.25) is 0 Å². The van der Waals surface area contributed by atoms with Gasteiger partial charge in [0.1, 0.15) is 17.2 Å². The highest BCUT2D eigenvalue weighted by Gasteiger charge is 2.17. The van der Waals surface area contributed by atoms with Gasteiger partial charge in [-0.25, -0.2) is 4.98 Å². The summed E-state index contributed by atoms with van der Waals surface area (Å²) in [5.41, 5.74) is 2.01. The molecule has 0 saturated carbocycles. The first kappa shape index (κ1) is 15.6. The fraction of sp³-hybridized carbons (Fsp3) is 0.111. The van der Waals surface area contributed by atoms with Crippen molar-refractivity contribution in [2.75, 3.05) is 0 Å². The molecule has 2 aromatic carbocycles. The molecule has 6 heteroatoms. The molecule has 122 valence electrons. The Labute approximate surface area is 137 Å². The lowest BCUT2D eigenvalue weighted by atomic mass is 10.1. The summed E-state index contributed by atoms with van der Waals surface area (Å²) in [5, 5.41) is 27.7. The minimum Gasteiger partial charge on any atom is -0.508 e. The van der Waals surface area contributed by atoms with Crippen molar-refractivity contribution >= 4 is 5.97 Å². The summed E-state index contributed by atoms with van der Waals surface area (Å²) >= 11 is 0. The molecule has 0 unspecified atom stereocenters. The fourth-order valence-corrected chi connectivity index (χ4v) is 2.31. The van der Waals surface area contributed by atoms with Crippen LogP contribution < -0.4 is 0 Å². The molecule has 0 aliphatic heterocycles. The van der Waals surface area contributed by atoms with Crippen molar-refractivity contribution in [3.63, 3.8) is 0 Å². The Morgan fingerprint density at radius 3 is 2.00 bits per heavy atom. The van der Waals surface area contributed by atoms with Gasteiger partial charge in [-0.05, 0) is 48.5 Å². The Bertz CT molecular complexity index is 787. The Balaban J connectivity index is 2.05. The van der Waals surface area contributed by atoms with Gasteiger partial charge in [-0.1, -0.05) is 0 Å². The zero-order valence-electron chi connectivity index (χ0n) is 12.6. The molecule has 0 radical (unpaired) electrons. The number of carbonyl (C=O) groups is 1. The van der Waals surface area contributed by atoms with Gasteiger partial charge in [0, 0.05) is 17.5 Å². The predicted molar refractivity (Wildman–Crippen MR) is 86.7 cm³/mol. The molecule has 1 heterocycles. The van der Waals surface area contributed by atoms with Crippen LogP contribution in [0.25, 0.3) is 22.6 Å². The number of nitrogens with zero attached hydrogens (tertiary/aromatic N) is 1. The Kier molecular flexibility index (Phi) is 4.20. The molecule has 0 saturated heterocycles. The first-order chi connectivity index (χ1) is 11.5. The number of aromatic nitrogens is 1. The van der Waals surface area contributed by atoms with E-state index in [1.54, 1.807) is 36.4 Å². The van der Waals surface area contributed by atoms with E-state index in [4.69, 9.17) is 9.52 Å². The Hall–Kier alpha value is -3.28. The lowest BCUT2D eigenvalue weighted by molar-refractivity contribution is -0.137. The van der Waals surface area contributed by atoms with Gasteiger partial charge in [-0.2, -0.15) is 0 Å². The van der Waals surface area contributed by atoms with E-state index in [1.165, 1.54) is 12.1 Å². The highest BCUT2D eigenvalue weighted by Crippen LogP contribution is 2.34. The maximum atomic E-state index is 10.8. The summed E-state index contributed by atoms with van der Waals surface area (Å²) < 4.78 is 5.76. The Morgan fingerprint density at radius 2 is 1.46 bits per heavy atom. The number of aromatic hydroxyl groups is 2. The number of aryl methyl sites for hydroxylation is 1. The number of hydrogen-bond donors (Lipinski definition) is 3. The second kappa shape index (κ2) is 6.45. The molecule has 0 fully saturated rings. The number of aliphatic carboxylic acids is 1. The molecule has 24 heavy (non-hydrogen) atoms. The molecule has 1 aromatic heterocycles. The highest BCUT2D eigenvalue weighted by atomic mass is 16.4. The van der Waals surface area contributed by atoms with Crippen LogP contribution in [0.5, 0.6) is 11.5 Å². The normalized spacial score (nSPS) is 10.7. The molecular formula is C18H15NO5. The summed E-state index contributed by atoms with van der Waals surface area (Å²) in [5.74, 6) is 0.158. The molecule has 0 aliphatic rings. The van der Waals surface area contributed by atoms with Crippen LogP contribution in [-0.4, -0.2) is 26.3 Å². The first-order valence-corrected chi connectivity index (χ1v) is 7.33. The molecular weight excluding hydrogens is 310 g/mol. The van der Waals surface area contributed by atoms with Gasteiger partial charge in [0.25, 0.3) is 0 Å². The average molecular weight is 325 g/mol. The van der Waals surface area contributed by atoms with Crippen LogP contribution in [0.15, 0.2) is 52.9 Å². The largest absolute Gasteiger partial charge is 0.508 e. The monoisotopic (exact) mass is 325 g/mol. The van der Waals surface area contributed by atoms with E-state index < -0.39 is 5.97 Å². The highest BCUT2D eigenvalue weighted by molar-refractivity contribution is 5.77. The lowest BCUT2D eigenvalue weighted by Gasteiger charge is -2.02. The third-order valence-electron chi connectivity index (χ3n) is 3.49. The minimum atomic E-state index is -0.925. The smallest absolute Gasteiger partial charge is 0.303 e. The topological polar surface area (TPSA) is 104 Å². The van der Waals surface area contributed by atoms with Gasteiger partial charge >= 0.3 is 5.97 Å². The maximum absolute atomic E-state index is 10.8. The summed E-state index contributed by atoms with van der Waals surface area (Å²) in [6.45, 7) is 0. The van der Waals surface area contributed by atoms with Crippen molar-refractivity contribution in [1.29, 1.82) is 0 Å². The number of phenols is 2. The number of carboxylic acids is 1. The van der Waals surface area contributed by atoms with Gasteiger partial charge in [0.05, 0.1) is 6.42 Å². The molecule has 3 N–H and O–H groups in total. The number of hydrogen-bond acceptors (Lipinski definition) is 5. The van der Waals surface area contributed by atoms with Crippen molar-refractivity contribution in [2.24, 2.45) is 0 Å². The fourth-order valence-electron chi connectivity index (χ4n) is 2.31. The van der Waals surface area contributed by atoms with E-state index in [1.807, 2.05) is 0 Å². The SMILES string of the molecule is O=C(O)CCc1nc(-c2ccc(O)cc2)c(-c2ccc(O)cc2)o1. The van der Waals surface area contributed by atoms with Crippen LogP contribution in [0.1, 0.15) is 12.3 Å². The van der Waals surface area contributed by atoms with Crippen molar-refractivity contribution in [1.82, 2.24) is 4.98 Å². The number of rotatable bonds is 5. The zero-order chi connectivity index (χ0) is 17.1. The second-order valence-electron chi connectivity index (χ2n) is 5.27. The molecule has 6 nitrogen and oxygen atoms in total. The molecule has 0 spiro atoms. The van der Waals surface area contributed by atoms with E-state index in [9.17, 15) is 15.0 Å². The first-order valence-electron chi connectivity index (χ1n) is 7.33. The number of carboxylic acid groups (broad SMARTS) is 1. The van der Waals surface area contributed by atoms with E-state index >= 15 is 0 Å². The van der Waals surface area contributed by atoms with E-state index in [2.05, 4.69) is 4.98 Å². The average Bonchev–Trinajstić information content (AvgIpc) is 2.98. The van der Waals surface area contributed by atoms with Gasteiger partial charge in [-0.3, -0.25) is 4.79 Å². The number of oxazole rings is 1. The molecule has 0 atom stereocenters. The van der Waals surface area contributed by atoms with Crippen LogP contribution in [0, 0.1) is 0 Å². The van der Waals surface area contributed by atoms with Crippen molar-refractivity contribution in [3.8, 4) is 34.1 Å². The van der Waals surface area contributed by atoms with E-state index in [0.717, 1.165) is 5.56 Å². The molecule has 0 bridgehead atoms. The van der Waals surface area contributed by atoms with Crippen molar-refractivity contribution in [2.45, 2.75) is 12.8 Å².